The Morgan fingerprint density at radius 3 is 2.46 bits per heavy atom. The average Bonchev–Trinajstić information content (AvgIpc) is 2.61. The Kier molecular flexibility index (Phi) is 7.39. The minimum atomic E-state index is -4.14. The highest BCUT2D eigenvalue weighted by Crippen LogP contribution is 2.22. The zero-order valence-corrected chi connectivity index (χ0v) is 16.8. The molecule has 0 aromatic heterocycles. The lowest BCUT2D eigenvalue weighted by Gasteiger charge is -2.23. The Labute approximate surface area is 168 Å². The third-order valence-corrected chi connectivity index (χ3v) is 5.70. The van der Waals surface area contributed by atoms with Crippen LogP contribution in [0.2, 0.25) is 5.02 Å². The maximum absolute atomic E-state index is 12.2. The van der Waals surface area contributed by atoms with Crippen molar-refractivity contribution in [2.75, 3.05) is 0 Å². The van der Waals surface area contributed by atoms with Crippen LogP contribution in [0.4, 0.5) is 4.79 Å². The van der Waals surface area contributed by atoms with Crippen LogP contribution in [0.3, 0.4) is 0 Å². The van der Waals surface area contributed by atoms with Gasteiger partial charge in [0, 0.05) is 6.04 Å². The van der Waals surface area contributed by atoms with E-state index in [1.807, 2.05) is 0 Å². The van der Waals surface area contributed by atoms with Crippen LogP contribution >= 0.6 is 11.6 Å². The minimum Gasteiger partial charge on any atom is -0.449 e. The molecule has 1 aliphatic carbocycles. The van der Waals surface area contributed by atoms with Crippen LogP contribution in [-0.2, 0) is 19.6 Å². The number of primary sulfonamides is 1. The number of sulfonamides is 1. The first-order valence-electron chi connectivity index (χ1n) is 8.72. The fourth-order valence-electron chi connectivity index (χ4n) is 2.81. The Hall–Kier alpha value is -2.17. The van der Waals surface area contributed by atoms with E-state index in [4.69, 9.17) is 21.5 Å². The first-order valence-corrected chi connectivity index (χ1v) is 10.6. The molecule has 1 fully saturated rings. The smallest absolute Gasteiger partial charge is 0.338 e. The van der Waals surface area contributed by atoms with Gasteiger partial charge in [-0.1, -0.05) is 30.9 Å². The van der Waals surface area contributed by atoms with E-state index in [0.717, 1.165) is 38.2 Å². The van der Waals surface area contributed by atoms with E-state index in [-0.39, 0.29) is 16.6 Å². The Balaban J connectivity index is 1.94. The second-order valence-electron chi connectivity index (χ2n) is 6.54. The first-order chi connectivity index (χ1) is 13.1. The van der Waals surface area contributed by atoms with Gasteiger partial charge in [-0.05, 0) is 38.0 Å². The van der Waals surface area contributed by atoms with Crippen molar-refractivity contribution in [3.8, 4) is 0 Å². The summed E-state index contributed by atoms with van der Waals surface area (Å²) in [6, 6.07) is 2.74. The molecule has 11 heteroatoms. The van der Waals surface area contributed by atoms with Gasteiger partial charge in [-0.15, -0.1) is 0 Å². The monoisotopic (exact) mass is 431 g/mol. The molecule has 0 heterocycles. The molecule has 2 rings (SSSR count). The molecule has 0 bridgehead atoms. The number of hydrogen-bond donors (Lipinski definition) is 3. The molecule has 28 heavy (non-hydrogen) atoms. The van der Waals surface area contributed by atoms with Gasteiger partial charge in [0.25, 0.3) is 5.91 Å². The number of urea groups is 1. The topological polar surface area (TPSA) is 145 Å². The number of carbonyl (C=O) groups is 3. The molecule has 3 amide bonds. The van der Waals surface area contributed by atoms with Crippen LogP contribution < -0.4 is 15.8 Å². The largest absolute Gasteiger partial charge is 0.449 e. The molecule has 1 saturated carbocycles. The maximum atomic E-state index is 12.2. The summed E-state index contributed by atoms with van der Waals surface area (Å²) < 4.78 is 27.9. The summed E-state index contributed by atoms with van der Waals surface area (Å²) in [5.41, 5.74) is -0.153. The number of nitrogens with one attached hydrogen (secondary N) is 2. The van der Waals surface area contributed by atoms with Crippen molar-refractivity contribution in [2.45, 2.75) is 56.1 Å². The molecule has 154 valence electrons. The molecule has 4 N–H and O–H groups in total. The number of ether oxygens (including phenoxy) is 1. The number of halogens is 1. The van der Waals surface area contributed by atoms with Gasteiger partial charge >= 0.3 is 12.0 Å². The number of benzene rings is 1. The summed E-state index contributed by atoms with van der Waals surface area (Å²) in [6.07, 6.45) is 3.61. The predicted molar refractivity (Wildman–Crippen MR) is 101 cm³/mol. The van der Waals surface area contributed by atoms with Crippen molar-refractivity contribution in [3.05, 3.63) is 28.8 Å². The zero-order chi connectivity index (χ0) is 20.9. The van der Waals surface area contributed by atoms with Crippen molar-refractivity contribution >= 4 is 39.5 Å². The number of rotatable bonds is 5. The molecule has 0 saturated heterocycles. The number of hydrogen-bond acceptors (Lipinski definition) is 6. The first kappa shape index (κ1) is 22.1. The molecule has 1 unspecified atom stereocenters. The minimum absolute atomic E-state index is 0.0186. The summed E-state index contributed by atoms with van der Waals surface area (Å²) in [6.45, 7) is 1.29. The quantitative estimate of drug-likeness (QED) is 0.605. The van der Waals surface area contributed by atoms with Crippen LogP contribution in [0, 0.1) is 0 Å². The van der Waals surface area contributed by atoms with Gasteiger partial charge in [-0.2, -0.15) is 0 Å². The second kappa shape index (κ2) is 9.35. The van der Waals surface area contributed by atoms with Gasteiger partial charge in [0.1, 0.15) is 4.90 Å². The highest BCUT2D eigenvalue weighted by atomic mass is 35.5. The highest BCUT2D eigenvalue weighted by Gasteiger charge is 2.24. The molecular formula is C17H22ClN3O6S. The van der Waals surface area contributed by atoms with E-state index in [0.29, 0.717) is 0 Å². The standard InChI is InChI=1S/C17H22ClN3O6S/c1-10(15(22)21-17(24)20-12-5-3-2-4-6-12)27-16(23)11-7-8-13(18)14(9-11)28(19,25)26/h7-10,12H,2-6H2,1H3,(H2,19,25,26)(H2,20,21,22,24). The Morgan fingerprint density at radius 1 is 1.21 bits per heavy atom. The number of esters is 1. The van der Waals surface area contributed by atoms with Gasteiger partial charge in [0.15, 0.2) is 6.10 Å². The van der Waals surface area contributed by atoms with Crippen molar-refractivity contribution < 1.29 is 27.5 Å². The number of nitrogens with two attached hydrogens (primary N) is 1. The van der Waals surface area contributed by atoms with Crippen LogP contribution in [0.25, 0.3) is 0 Å². The third-order valence-electron chi connectivity index (χ3n) is 4.30. The van der Waals surface area contributed by atoms with Crippen LogP contribution in [0.5, 0.6) is 0 Å². The lowest BCUT2D eigenvalue weighted by atomic mass is 9.96. The zero-order valence-electron chi connectivity index (χ0n) is 15.2. The molecule has 9 nitrogen and oxygen atoms in total. The summed E-state index contributed by atoms with van der Waals surface area (Å²) in [5.74, 6) is -1.76. The van der Waals surface area contributed by atoms with Gasteiger partial charge < -0.3 is 10.1 Å². The maximum Gasteiger partial charge on any atom is 0.338 e. The molecule has 0 spiro atoms. The van der Waals surface area contributed by atoms with E-state index in [2.05, 4.69) is 10.6 Å². The molecule has 0 aliphatic heterocycles. The highest BCUT2D eigenvalue weighted by molar-refractivity contribution is 7.89. The van der Waals surface area contributed by atoms with Crippen molar-refractivity contribution in [1.82, 2.24) is 10.6 Å². The van der Waals surface area contributed by atoms with E-state index in [1.165, 1.54) is 19.1 Å². The average molecular weight is 432 g/mol. The van der Waals surface area contributed by atoms with Gasteiger partial charge in [0.2, 0.25) is 10.0 Å². The summed E-state index contributed by atoms with van der Waals surface area (Å²) >= 11 is 5.76. The van der Waals surface area contributed by atoms with E-state index >= 15 is 0 Å². The fraction of sp³-hybridized carbons (Fsp3) is 0.471. The van der Waals surface area contributed by atoms with E-state index in [1.54, 1.807) is 0 Å². The third kappa shape index (κ3) is 6.18. The fourth-order valence-corrected chi connectivity index (χ4v) is 3.88. The normalized spacial score (nSPS) is 16.1. The van der Waals surface area contributed by atoms with Crippen LogP contribution in [0.1, 0.15) is 49.4 Å². The van der Waals surface area contributed by atoms with Crippen molar-refractivity contribution in [1.29, 1.82) is 0 Å². The Bertz CT molecular complexity index is 868. The van der Waals surface area contributed by atoms with Gasteiger partial charge in [-0.25, -0.2) is 23.1 Å². The number of imide groups is 1. The summed E-state index contributed by atoms with van der Waals surface area (Å²) in [7, 11) is -4.14. The lowest BCUT2D eigenvalue weighted by molar-refractivity contribution is -0.127. The van der Waals surface area contributed by atoms with Gasteiger partial charge in [0.05, 0.1) is 10.6 Å². The Morgan fingerprint density at radius 2 is 1.86 bits per heavy atom. The predicted octanol–water partition coefficient (Wildman–Crippen LogP) is 1.69. The summed E-state index contributed by atoms with van der Waals surface area (Å²) in [5, 5.41) is 9.72. The lowest BCUT2D eigenvalue weighted by Crippen LogP contribution is -2.48. The van der Waals surface area contributed by atoms with Crippen molar-refractivity contribution in [2.24, 2.45) is 5.14 Å². The molecular weight excluding hydrogens is 410 g/mol. The number of amides is 3. The summed E-state index contributed by atoms with van der Waals surface area (Å²) in [4.78, 5) is 35.7. The van der Waals surface area contributed by atoms with Crippen molar-refractivity contribution in [3.63, 3.8) is 0 Å². The van der Waals surface area contributed by atoms with Crippen LogP contribution in [0.15, 0.2) is 23.1 Å². The molecule has 1 aliphatic rings. The van der Waals surface area contributed by atoms with Gasteiger partial charge in [-0.3, -0.25) is 10.1 Å². The van der Waals surface area contributed by atoms with E-state index < -0.39 is 38.9 Å². The van der Waals surface area contributed by atoms with E-state index in [9.17, 15) is 22.8 Å². The molecule has 0 radical (unpaired) electrons. The molecule has 1 aromatic rings. The molecule has 1 atom stereocenters. The van der Waals surface area contributed by atoms with Crippen LogP contribution in [-0.4, -0.2) is 38.5 Å². The number of carbonyl (C=O) groups excluding carboxylic acids is 3. The SMILES string of the molecule is CC(OC(=O)c1ccc(Cl)c(S(N)(=O)=O)c1)C(=O)NC(=O)NC1CCCCC1. The second-order valence-corrected chi connectivity index (χ2v) is 8.47. The molecule has 1 aromatic carbocycles.